The van der Waals surface area contributed by atoms with Crippen molar-refractivity contribution < 1.29 is 13.9 Å². The highest BCUT2D eigenvalue weighted by Crippen LogP contribution is 2.44. The predicted molar refractivity (Wildman–Crippen MR) is 166 cm³/mol. The highest BCUT2D eigenvalue weighted by Gasteiger charge is 2.27. The Morgan fingerprint density at radius 3 is 2.62 bits per heavy atom. The highest BCUT2D eigenvalue weighted by molar-refractivity contribution is 6.31. The first-order valence-corrected chi connectivity index (χ1v) is 14.2. The van der Waals surface area contributed by atoms with Gasteiger partial charge in [-0.25, -0.2) is 14.4 Å². The van der Waals surface area contributed by atoms with Crippen LogP contribution in [0.5, 0.6) is 5.75 Å². The van der Waals surface area contributed by atoms with E-state index in [9.17, 15) is 4.79 Å². The van der Waals surface area contributed by atoms with Crippen molar-refractivity contribution in [1.29, 1.82) is 0 Å². The van der Waals surface area contributed by atoms with Crippen molar-refractivity contribution >= 4 is 40.5 Å². The van der Waals surface area contributed by atoms with E-state index in [0.29, 0.717) is 47.5 Å². The number of benzene rings is 3. The first-order valence-electron chi connectivity index (χ1n) is 13.8. The van der Waals surface area contributed by atoms with Crippen LogP contribution in [0.1, 0.15) is 22.3 Å². The highest BCUT2D eigenvalue weighted by atomic mass is 35.5. The summed E-state index contributed by atoms with van der Waals surface area (Å²) >= 11 is 6.43. The second-order valence-corrected chi connectivity index (χ2v) is 10.9. The first kappa shape index (κ1) is 29.3. The SMILES string of the molecule is COc1cccc(F)c1N1CCc2cnc(Nc3ccc(C(=O)N(C)CCCN(C)C)cc3)nc2-c2ccc(Cl)cc21. The van der Waals surface area contributed by atoms with Gasteiger partial charge in [-0.1, -0.05) is 17.7 Å². The van der Waals surface area contributed by atoms with Crippen LogP contribution in [0.2, 0.25) is 5.02 Å². The van der Waals surface area contributed by atoms with E-state index in [-0.39, 0.29) is 11.7 Å². The Kier molecular flexibility index (Phi) is 8.89. The van der Waals surface area contributed by atoms with Gasteiger partial charge < -0.3 is 24.8 Å². The third-order valence-corrected chi connectivity index (χ3v) is 7.48. The molecule has 0 fully saturated rings. The molecule has 5 rings (SSSR count). The van der Waals surface area contributed by atoms with Gasteiger partial charge in [0.1, 0.15) is 11.4 Å². The van der Waals surface area contributed by atoms with Gasteiger partial charge in [0.15, 0.2) is 5.82 Å². The van der Waals surface area contributed by atoms with Gasteiger partial charge in [0.25, 0.3) is 5.91 Å². The van der Waals surface area contributed by atoms with Crippen LogP contribution in [-0.2, 0) is 6.42 Å². The van der Waals surface area contributed by atoms with Crippen LogP contribution >= 0.6 is 11.6 Å². The van der Waals surface area contributed by atoms with Crippen LogP contribution in [0.4, 0.5) is 27.4 Å². The molecule has 0 spiro atoms. The van der Waals surface area contributed by atoms with E-state index in [1.807, 2.05) is 50.3 Å². The normalized spacial score (nSPS) is 12.4. The Bertz CT molecular complexity index is 1580. The molecule has 1 aliphatic heterocycles. The molecule has 2 heterocycles. The summed E-state index contributed by atoms with van der Waals surface area (Å²) in [6, 6.07) is 17.6. The average Bonchev–Trinajstić information content (AvgIpc) is 3.13. The lowest BCUT2D eigenvalue weighted by Crippen LogP contribution is -2.29. The van der Waals surface area contributed by atoms with Crippen LogP contribution in [0, 0.1) is 5.82 Å². The lowest BCUT2D eigenvalue weighted by atomic mass is 10.0. The molecule has 3 aromatic carbocycles. The number of hydrogen-bond acceptors (Lipinski definition) is 7. The summed E-state index contributed by atoms with van der Waals surface area (Å²) in [4.78, 5) is 28.0. The average molecular weight is 589 g/mol. The van der Waals surface area contributed by atoms with Crippen molar-refractivity contribution in [3.63, 3.8) is 0 Å². The summed E-state index contributed by atoms with van der Waals surface area (Å²) in [7, 11) is 7.39. The molecule has 0 aliphatic carbocycles. The van der Waals surface area contributed by atoms with Crippen molar-refractivity contribution in [2.45, 2.75) is 12.8 Å². The number of carbonyl (C=O) groups excluding carboxylic acids is 1. The zero-order chi connectivity index (χ0) is 29.8. The number of nitrogens with one attached hydrogen (secondary N) is 1. The third-order valence-electron chi connectivity index (χ3n) is 7.25. The van der Waals surface area contributed by atoms with Gasteiger partial charge in [-0.15, -0.1) is 0 Å². The molecule has 10 heteroatoms. The molecule has 1 N–H and O–H groups in total. The Morgan fingerprint density at radius 1 is 1.10 bits per heavy atom. The maximum atomic E-state index is 15.2. The summed E-state index contributed by atoms with van der Waals surface area (Å²) in [6.45, 7) is 2.09. The molecule has 1 aromatic heterocycles. The van der Waals surface area contributed by atoms with E-state index in [1.165, 1.54) is 13.2 Å². The van der Waals surface area contributed by atoms with E-state index in [1.54, 1.807) is 41.4 Å². The minimum absolute atomic E-state index is 0.0205. The Hall–Kier alpha value is -4.21. The second kappa shape index (κ2) is 12.8. The Balaban J connectivity index is 1.40. The van der Waals surface area contributed by atoms with E-state index in [2.05, 4.69) is 15.2 Å². The second-order valence-electron chi connectivity index (χ2n) is 10.5. The van der Waals surface area contributed by atoms with Gasteiger partial charge in [-0.3, -0.25) is 4.79 Å². The quantitative estimate of drug-likeness (QED) is 0.242. The topological polar surface area (TPSA) is 73.8 Å². The van der Waals surface area contributed by atoms with Gasteiger partial charge in [0.05, 0.1) is 18.5 Å². The van der Waals surface area contributed by atoms with Crippen molar-refractivity contribution in [1.82, 2.24) is 19.8 Å². The van der Waals surface area contributed by atoms with Crippen molar-refractivity contribution in [2.75, 3.05) is 58.1 Å². The van der Waals surface area contributed by atoms with Gasteiger partial charge in [0.2, 0.25) is 5.95 Å². The fraction of sp³-hybridized carbons (Fsp3) is 0.281. The molecule has 1 aliphatic rings. The summed E-state index contributed by atoms with van der Waals surface area (Å²) in [6.07, 6.45) is 3.29. The number of rotatable bonds is 9. The number of para-hydroxylation sites is 1. The van der Waals surface area contributed by atoms with Gasteiger partial charge >= 0.3 is 0 Å². The zero-order valence-electron chi connectivity index (χ0n) is 24.2. The van der Waals surface area contributed by atoms with Crippen molar-refractivity contribution in [3.05, 3.63) is 88.8 Å². The number of fused-ring (bicyclic) bond motifs is 3. The molecular weight excluding hydrogens is 555 g/mol. The van der Waals surface area contributed by atoms with Crippen molar-refractivity contribution in [3.8, 4) is 17.0 Å². The number of aromatic nitrogens is 2. The fourth-order valence-electron chi connectivity index (χ4n) is 5.09. The lowest BCUT2D eigenvalue weighted by Gasteiger charge is -2.27. The van der Waals surface area contributed by atoms with E-state index in [4.69, 9.17) is 21.3 Å². The van der Waals surface area contributed by atoms with E-state index < -0.39 is 0 Å². The lowest BCUT2D eigenvalue weighted by molar-refractivity contribution is 0.0790. The minimum atomic E-state index is -0.388. The van der Waals surface area contributed by atoms with Crippen LogP contribution in [-0.4, -0.2) is 73.6 Å². The summed E-state index contributed by atoms with van der Waals surface area (Å²) in [5, 5.41) is 3.79. The Morgan fingerprint density at radius 2 is 1.88 bits per heavy atom. The molecule has 42 heavy (non-hydrogen) atoms. The largest absolute Gasteiger partial charge is 0.494 e. The molecule has 8 nitrogen and oxygen atoms in total. The zero-order valence-corrected chi connectivity index (χ0v) is 25.0. The number of amides is 1. The maximum absolute atomic E-state index is 15.2. The molecule has 218 valence electrons. The molecule has 0 bridgehead atoms. The number of ether oxygens (including phenoxy) is 1. The minimum Gasteiger partial charge on any atom is -0.494 e. The molecule has 4 aromatic rings. The molecule has 0 atom stereocenters. The predicted octanol–water partition coefficient (Wildman–Crippen LogP) is 6.41. The molecule has 1 amide bonds. The number of methoxy groups -OCH3 is 1. The van der Waals surface area contributed by atoms with Gasteiger partial charge in [-0.2, -0.15) is 0 Å². The first-order chi connectivity index (χ1) is 20.2. The number of halogens is 2. The van der Waals surface area contributed by atoms with E-state index in [0.717, 1.165) is 41.2 Å². The standard InChI is InChI=1S/C32H34ClFN6O2/c1-38(2)16-6-17-39(3)31(41)21-9-12-24(13-10-21)36-32-35-20-22-15-18-40(30-26(34)7-5-8-28(30)42-4)27-19-23(33)11-14-25(27)29(22)37-32/h5,7-14,19-20H,6,15-18H2,1-4H3,(H,35,36,37). The summed E-state index contributed by atoms with van der Waals surface area (Å²) in [5.74, 6) is 0.433. The summed E-state index contributed by atoms with van der Waals surface area (Å²) < 4.78 is 20.7. The van der Waals surface area contributed by atoms with Gasteiger partial charge in [0, 0.05) is 48.2 Å². The third kappa shape index (κ3) is 6.32. The molecule has 0 saturated heterocycles. The van der Waals surface area contributed by atoms with Crippen LogP contribution in [0.15, 0.2) is 66.9 Å². The number of hydrogen-bond donors (Lipinski definition) is 1. The maximum Gasteiger partial charge on any atom is 0.253 e. The van der Waals surface area contributed by atoms with Crippen LogP contribution in [0.3, 0.4) is 0 Å². The summed E-state index contributed by atoms with van der Waals surface area (Å²) in [5.41, 5.74) is 4.92. The number of carbonyl (C=O) groups is 1. The number of nitrogens with zero attached hydrogens (tertiary/aromatic N) is 5. The Labute approximate surface area is 250 Å². The molecule has 0 unspecified atom stereocenters. The smallest absolute Gasteiger partial charge is 0.253 e. The van der Waals surface area contributed by atoms with Crippen LogP contribution < -0.4 is 15.0 Å². The molecule has 0 radical (unpaired) electrons. The molecule has 0 saturated carbocycles. The van der Waals surface area contributed by atoms with Crippen molar-refractivity contribution in [2.24, 2.45) is 0 Å². The van der Waals surface area contributed by atoms with Gasteiger partial charge in [-0.05, 0) is 93.6 Å². The van der Waals surface area contributed by atoms with Crippen LogP contribution in [0.25, 0.3) is 11.3 Å². The monoisotopic (exact) mass is 588 g/mol. The number of anilines is 4. The van der Waals surface area contributed by atoms with E-state index >= 15 is 4.39 Å². The molecular formula is C32H34ClFN6O2. The fourth-order valence-corrected chi connectivity index (χ4v) is 5.26.